The van der Waals surface area contributed by atoms with Crippen LogP contribution in [0.15, 0.2) is 54.6 Å². The Labute approximate surface area is 147 Å². The molecule has 0 amide bonds. The minimum atomic E-state index is 0.186. The highest BCUT2D eigenvalue weighted by Crippen LogP contribution is 2.33. The predicted octanol–water partition coefficient (Wildman–Crippen LogP) is 4.83. The van der Waals surface area contributed by atoms with Gasteiger partial charge < -0.3 is 10.4 Å². The first kappa shape index (κ1) is 16.7. The van der Waals surface area contributed by atoms with Crippen LogP contribution >= 0.6 is 11.3 Å². The summed E-state index contributed by atoms with van der Waals surface area (Å²) in [6.07, 6.45) is 0.699. The van der Waals surface area contributed by atoms with Crippen molar-refractivity contribution in [1.29, 1.82) is 0 Å². The van der Waals surface area contributed by atoms with E-state index in [0.29, 0.717) is 6.42 Å². The zero-order valence-corrected chi connectivity index (χ0v) is 14.8. The molecule has 1 aromatic heterocycles. The van der Waals surface area contributed by atoms with E-state index in [9.17, 15) is 0 Å². The Bertz CT molecular complexity index is 781. The molecule has 4 heteroatoms. The zero-order valence-electron chi connectivity index (χ0n) is 14.0. The van der Waals surface area contributed by atoms with Crippen molar-refractivity contribution >= 4 is 17.0 Å². The molecule has 124 valence electrons. The summed E-state index contributed by atoms with van der Waals surface area (Å²) in [5, 5.41) is 13.6. The second-order valence-electron chi connectivity index (χ2n) is 5.87. The fraction of sp³-hybridized carbons (Fsp3) is 0.250. The van der Waals surface area contributed by atoms with E-state index in [0.717, 1.165) is 27.5 Å². The second kappa shape index (κ2) is 7.60. The Kier molecular flexibility index (Phi) is 5.28. The number of aromatic nitrogens is 1. The average Bonchev–Trinajstić information content (AvgIpc) is 3.00. The van der Waals surface area contributed by atoms with Crippen LogP contribution in [0.2, 0.25) is 0 Å². The summed E-state index contributed by atoms with van der Waals surface area (Å²) in [6.45, 7) is 4.42. The highest BCUT2D eigenvalue weighted by molar-refractivity contribution is 7.15. The van der Waals surface area contributed by atoms with Gasteiger partial charge in [0, 0.05) is 22.7 Å². The molecule has 2 aromatic carbocycles. The van der Waals surface area contributed by atoms with Gasteiger partial charge in [0.05, 0.1) is 11.7 Å². The summed E-state index contributed by atoms with van der Waals surface area (Å²) in [5.74, 6) is 0. The monoisotopic (exact) mass is 338 g/mol. The summed E-state index contributed by atoms with van der Waals surface area (Å²) in [4.78, 5) is 5.99. The maximum Gasteiger partial charge on any atom is 0.123 e. The molecule has 3 rings (SSSR count). The molecule has 2 N–H and O–H groups in total. The number of anilines is 1. The lowest BCUT2D eigenvalue weighted by Gasteiger charge is -2.14. The molecule has 1 unspecified atom stereocenters. The Morgan fingerprint density at radius 1 is 1.08 bits per heavy atom. The van der Waals surface area contributed by atoms with Gasteiger partial charge in [-0.2, -0.15) is 0 Å². The summed E-state index contributed by atoms with van der Waals surface area (Å²) in [7, 11) is 0. The lowest BCUT2D eigenvalue weighted by Crippen LogP contribution is -2.06. The molecule has 0 radical (unpaired) electrons. The first-order chi connectivity index (χ1) is 11.7. The van der Waals surface area contributed by atoms with Gasteiger partial charge in [-0.05, 0) is 38.0 Å². The van der Waals surface area contributed by atoms with Crippen molar-refractivity contribution in [1.82, 2.24) is 4.98 Å². The molecule has 3 nitrogen and oxygen atoms in total. The van der Waals surface area contributed by atoms with Crippen molar-refractivity contribution in [2.45, 2.75) is 26.3 Å². The minimum Gasteiger partial charge on any atom is -0.396 e. The Balaban J connectivity index is 1.75. The maximum atomic E-state index is 8.99. The number of aliphatic hydroxyl groups is 1. The van der Waals surface area contributed by atoms with Gasteiger partial charge in [-0.1, -0.05) is 42.5 Å². The van der Waals surface area contributed by atoms with E-state index in [-0.39, 0.29) is 12.6 Å². The minimum absolute atomic E-state index is 0.186. The molecule has 0 aliphatic heterocycles. The molecular formula is C20H22N2OS. The lowest BCUT2D eigenvalue weighted by atomic mass is 10.1. The smallest absolute Gasteiger partial charge is 0.123 e. The molecule has 0 bridgehead atoms. The number of rotatable bonds is 6. The molecule has 0 aliphatic carbocycles. The summed E-state index contributed by atoms with van der Waals surface area (Å²) in [5.41, 5.74) is 4.47. The standard InChI is InChI=1S/C20H22N2OS/c1-14(21-18-10-8-16(9-11-18)12-13-23)19-15(2)22-20(24-19)17-6-4-3-5-7-17/h3-11,14,21,23H,12-13H2,1-2H3. The molecule has 0 fully saturated rings. The van der Waals surface area contributed by atoms with Gasteiger partial charge in [0.1, 0.15) is 5.01 Å². The number of aryl methyl sites for hydroxylation is 1. The Hall–Kier alpha value is -2.17. The number of benzene rings is 2. The van der Waals surface area contributed by atoms with Crippen LogP contribution in [0, 0.1) is 6.92 Å². The number of thiazole rings is 1. The number of hydrogen-bond acceptors (Lipinski definition) is 4. The molecule has 0 aliphatic rings. The van der Waals surface area contributed by atoms with E-state index in [1.807, 2.05) is 18.2 Å². The molecule has 3 aromatic rings. The van der Waals surface area contributed by atoms with Crippen molar-refractivity contribution < 1.29 is 5.11 Å². The molecule has 0 saturated carbocycles. The number of nitrogens with one attached hydrogen (secondary N) is 1. The number of aliphatic hydroxyl groups excluding tert-OH is 1. The van der Waals surface area contributed by atoms with Gasteiger partial charge in [0.25, 0.3) is 0 Å². The fourth-order valence-corrected chi connectivity index (χ4v) is 3.80. The molecule has 0 spiro atoms. The van der Waals surface area contributed by atoms with Crippen LogP contribution in [0.3, 0.4) is 0 Å². The third-order valence-electron chi connectivity index (χ3n) is 3.98. The van der Waals surface area contributed by atoms with Crippen LogP contribution in [0.1, 0.15) is 29.1 Å². The molecule has 24 heavy (non-hydrogen) atoms. The third kappa shape index (κ3) is 3.83. The molecule has 1 atom stereocenters. The van der Waals surface area contributed by atoms with E-state index in [1.165, 1.54) is 4.88 Å². The van der Waals surface area contributed by atoms with E-state index in [1.54, 1.807) is 11.3 Å². The van der Waals surface area contributed by atoms with E-state index >= 15 is 0 Å². The number of nitrogens with zero attached hydrogens (tertiary/aromatic N) is 1. The lowest BCUT2D eigenvalue weighted by molar-refractivity contribution is 0.299. The maximum absolute atomic E-state index is 8.99. The molecule has 1 heterocycles. The summed E-state index contributed by atoms with van der Waals surface area (Å²) >= 11 is 1.74. The van der Waals surface area contributed by atoms with Gasteiger partial charge in [0.2, 0.25) is 0 Å². The fourth-order valence-electron chi connectivity index (χ4n) is 2.73. The molecular weight excluding hydrogens is 316 g/mol. The van der Waals surface area contributed by atoms with E-state index in [2.05, 4.69) is 55.6 Å². The van der Waals surface area contributed by atoms with Crippen LogP contribution in [0.25, 0.3) is 10.6 Å². The predicted molar refractivity (Wildman–Crippen MR) is 102 cm³/mol. The van der Waals surface area contributed by atoms with Crippen molar-refractivity contribution in [3.63, 3.8) is 0 Å². The van der Waals surface area contributed by atoms with Crippen LogP contribution in [0.4, 0.5) is 5.69 Å². The van der Waals surface area contributed by atoms with Crippen molar-refractivity contribution in [2.24, 2.45) is 0 Å². The van der Waals surface area contributed by atoms with Gasteiger partial charge >= 0.3 is 0 Å². The second-order valence-corrected chi connectivity index (χ2v) is 6.90. The van der Waals surface area contributed by atoms with Gasteiger partial charge in [-0.25, -0.2) is 4.98 Å². The summed E-state index contributed by atoms with van der Waals surface area (Å²) < 4.78 is 0. The van der Waals surface area contributed by atoms with E-state index < -0.39 is 0 Å². The highest BCUT2D eigenvalue weighted by Gasteiger charge is 2.15. The number of hydrogen-bond donors (Lipinski definition) is 2. The van der Waals surface area contributed by atoms with Gasteiger partial charge in [-0.3, -0.25) is 0 Å². The average molecular weight is 338 g/mol. The van der Waals surface area contributed by atoms with Crippen molar-refractivity contribution in [2.75, 3.05) is 11.9 Å². The Morgan fingerprint density at radius 3 is 2.46 bits per heavy atom. The van der Waals surface area contributed by atoms with Crippen molar-refractivity contribution in [3.05, 3.63) is 70.7 Å². The third-order valence-corrected chi connectivity index (χ3v) is 5.37. The largest absolute Gasteiger partial charge is 0.396 e. The highest BCUT2D eigenvalue weighted by atomic mass is 32.1. The van der Waals surface area contributed by atoms with Crippen molar-refractivity contribution in [3.8, 4) is 10.6 Å². The van der Waals surface area contributed by atoms with Crippen LogP contribution in [-0.4, -0.2) is 16.7 Å². The summed E-state index contributed by atoms with van der Waals surface area (Å²) in [6, 6.07) is 18.7. The SMILES string of the molecule is Cc1nc(-c2ccccc2)sc1C(C)Nc1ccc(CCO)cc1. The normalized spacial score (nSPS) is 12.1. The van der Waals surface area contributed by atoms with E-state index in [4.69, 9.17) is 10.1 Å². The topological polar surface area (TPSA) is 45.2 Å². The van der Waals surface area contributed by atoms with Crippen LogP contribution < -0.4 is 5.32 Å². The first-order valence-corrected chi connectivity index (χ1v) is 8.98. The van der Waals surface area contributed by atoms with Crippen LogP contribution in [0.5, 0.6) is 0 Å². The Morgan fingerprint density at radius 2 is 1.79 bits per heavy atom. The zero-order chi connectivity index (χ0) is 16.9. The van der Waals surface area contributed by atoms with Crippen LogP contribution in [-0.2, 0) is 6.42 Å². The van der Waals surface area contributed by atoms with Gasteiger partial charge in [-0.15, -0.1) is 11.3 Å². The quantitative estimate of drug-likeness (QED) is 0.677. The molecule has 0 saturated heterocycles. The van der Waals surface area contributed by atoms with Gasteiger partial charge in [0.15, 0.2) is 0 Å². The first-order valence-electron chi connectivity index (χ1n) is 8.16.